The summed E-state index contributed by atoms with van der Waals surface area (Å²) in [4.78, 5) is 27.9. The highest BCUT2D eigenvalue weighted by molar-refractivity contribution is 5.76. The van der Waals surface area contributed by atoms with Crippen LogP contribution < -0.4 is 4.90 Å². The van der Waals surface area contributed by atoms with Crippen LogP contribution in [0.25, 0.3) is 0 Å². The fourth-order valence-corrected chi connectivity index (χ4v) is 3.39. The van der Waals surface area contributed by atoms with Crippen LogP contribution in [-0.4, -0.2) is 52.0 Å². The van der Waals surface area contributed by atoms with Gasteiger partial charge in [-0.25, -0.2) is 14.8 Å². The molecular weight excluding hydrogens is 266 g/mol. The molecule has 3 aliphatic rings. The second kappa shape index (κ2) is 4.86. The highest BCUT2D eigenvalue weighted by atomic mass is 16.2. The lowest BCUT2D eigenvalue weighted by Crippen LogP contribution is -2.39. The Hall–Kier alpha value is -1.85. The van der Waals surface area contributed by atoms with Crippen LogP contribution in [-0.2, 0) is 13.1 Å². The Bertz CT molecular complexity index is 578. The highest BCUT2D eigenvalue weighted by Crippen LogP contribution is 2.32. The van der Waals surface area contributed by atoms with Crippen LogP contribution in [0.5, 0.6) is 0 Å². The Morgan fingerprint density at radius 3 is 2.38 bits per heavy atom. The summed E-state index contributed by atoms with van der Waals surface area (Å²) in [6.45, 7) is 7.18. The van der Waals surface area contributed by atoms with E-state index in [0.717, 1.165) is 61.9 Å². The molecule has 0 radical (unpaired) electrons. The first kappa shape index (κ1) is 12.9. The summed E-state index contributed by atoms with van der Waals surface area (Å²) in [7, 11) is 0. The first-order valence-corrected chi connectivity index (χ1v) is 7.87. The number of anilines is 1. The largest absolute Gasteiger partial charge is 0.356 e. The van der Waals surface area contributed by atoms with Crippen molar-refractivity contribution in [3.8, 4) is 0 Å². The number of fused-ring (bicyclic) bond motifs is 1. The molecule has 3 aliphatic heterocycles. The van der Waals surface area contributed by atoms with Crippen molar-refractivity contribution in [3.63, 3.8) is 0 Å². The van der Waals surface area contributed by atoms with Gasteiger partial charge in [0.05, 0.1) is 18.8 Å². The Morgan fingerprint density at radius 1 is 0.952 bits per heavy atom. The summed E-state index contributed by atoms with van der Waals surface area (Å²) in [5, 5.41) is 0. The van der Waals surface area contributed by atoms with E-state index < -0.39 is 0 Å². The minimum atomic E-state index is 0.165. The molecule has 0 aliphatic carbocycles. The van der Waals surface area contributed by atoms with Gasteiger partial charge in [0, 0.05) is 31.7 Å². The zero-order valence-electron chi connectivity index (χ0n) is 12.5. The maximum atomic E-state index is 12.6. The normalized spacial score (nSPS) is 20.7. The van der Waals surface area contributed by atoms with Crippen molar-refractivity contribution in [3.05, 3.63) is 17.1 Å². The zero-order chi connectivity index (χ0) is 14.4. The van der Waals surface area contributed by atoms with E-state index in [4.69, 9.17) is 0 Å². The van der Waals surface area contributed by atoms with E-state index in [1.165, 1.54) is 6.42 Å². The van der Waals surface area contributed by atoms with Gasteiger partial charge in [0.2, 0.25) is 0 Å². The number of nitrogens with zero attached hydrogens (tertiary/aromatic N) is 5. The third-order valence-corrected chi connectivity index (χ3v) is 4.68. The number of rotatable bonds is 1. The summed E-state index contributed by atoms with van der Waals surface area (Å²) < 4.78 is 0. The summed E-state index contributed by atoms with van der Waals surface area (Å²) in [6, 6.07) is 0.165. The summed E-state index contributed by atoms with van der Waals surface area (Å²) >= 11 is 0. The number of carbonyl (C=O) groups excluding carboxylic acids is 1. The van der Waals surface area contributed by atoms with Crippen molar-refractivity contribution in [1.29, 1.82) is 0 Å². The van der Waals surface area contributed by atoms with Gasteiger partial charge in [-0.3, -0.25) is 0 Å². The minimum Gasteiger partial charge on any atom is -0.356 e. The molecule has 112 valence electrons. The lowest BCUT2D eigenvalue weighted by molar-refractivity contribution is 0.162. The molecule has 0 unspecified atom stereocenters. The molecule has 0 N–H and O–H groups in total. The smallest absolute Gasteiger partial charge is 0.320 e. The zero-order valence-corrected chi connectivity index (χ0v) is 12.5. The quantitative estimate of drug-likeness (QED) is 0.786. The van der Waals surface area contributed by atoms with Crippen molar-refractivity contribution in [2.75, 3.05) is 31.1 Å². The van der Waals surface area contributed by atoms with E-state index in [-0.39, 0.29) is 6.03 Å². The number of hydrogen-bond donors (Lipinski definition) is 0. The van der Waals surface area contributed by atoms with Gasteiger partial charge >= 0.3 is 6.03 Å². The van der Waals surface area contributed by atoms with Gasteiger partial charge in [-0.2, -0.15) is 0 Å². The first-order chi connectivity index (χ1) is 10.2. The van der Waals surface area contributed by atoms with Gasteiger partial charge < -0.3 is 14.7 Å². The molecule has 6 heteroatoms. The van der Waals surface area contributed by atoms with Gasteiger partial charge in [0.25, 0.3) is 0 Å². The predicted molar refractivity (Wildman–Crippen MR) is 79.0 cm³/mol. The van der Waals surface area contributed by atoms with Crippen molar-refractivity contribution in [2.24, 2.45) is 0 Å². The fraction of sp³-hybridized carbons (Fsp3) is 0.667. The molecule has 1 aromatic heterocycles. The van der Waals surface area contributed by atoms with Crippen LogP contribution in [0.4, 0.5) is 10.6 Å². The molecule has 1 aromatic rings. The molecule has 4 rings (SSSR count). The molecule has 4 heterocycles. The molecule has 2 amide bonds. The van der Waals surface area contributed by atoms with Gasteiger partial charge in [0.1, 0.15) is 11.6 Å². The highest BCUT2D eigenvalue weighted by Gasteiger charge is 2.33. The molecule has 0 bridgehead atoms. The lowest BCUT2D eigenvalue weighted by atomic mass is 10.1. The third kappa shape index (κ3) is 2.13. The van der Waals surface area contributed by atoms with Gasteiger partial charge in [-0.05, 0) is 26.2 Å². The summed E-state index contributed by atoms with van der Waals surface area (Å²) in [6.07, 6.45) is 3.49. The van der Waals surface area contributed by atoms with Crippen LogP contribution >= 0.6 is 0 Å². The Balaban J connectivity index is 1.59. The number of hydrogen-bond acceptors (Lipinski definition) is 4. The Kier molecular flexibility index (Phi) is 2.97. The molecule has 0 spiro atoms. The van der Waals surface area contributed by atoms with E-state index in [2.05, 4.69) is 14.9 Å². The SMILES string of the molecule is Cc1nc2c(c(N3CCC3)n1)CN(C(=O)N1CCCC1)C2. The van der Waals surface area contributed by atoms with Crippen molar-refractivity contribution in [1.82, 2.24) is 19.8 Å². The standard InChI is InChI=1S/C15H21N5O/c1-11-16-13-10-20(15(21)19-5-2-3-6-19)9-12(13)14(17-11)18-7-4-8-18/h2-10H2,1H3. The summed E-state index contributed by atoms with van der Waals surface area (Å²) in [5.41, 5.74) is 2.20. The van der Waals surface area contributed by atoms with Crippen LogP contribution in [0.3, 0.4) is 0 Å². The summed E-state index contributed by atoms with van der Waals surface area (Å²) in [5.74, 6) is 1.87. The van der Waals surface area contributed by atoms with Crippen LogP contribution in [0.1, 0.15) is 36.3 Å². The molecule has 0 aromatic carbocycles. The van der Waals surface area contributed by atoms with E-state index in [9.17, 15) is 4.79 Å². The van der Waals surface area contributed by atoms with E-state index >= 15 is 0 Å². The van der Waals surface area contributed by atoms with Gasteiger partial charge in [-0.1, -0.05) is 0 Å². The second-order valence-electron chi connectivity index (χ2n) is 6.19. The average molecular weight is 287 g/mol. The topological polar surface area (TPSA) is 52.6 Å². The maximum Gasteiger partial charge on any atom is 0.320 e. The van der Waals surface area contributed by atoms with Crippen LogP contribution in [0, 0.1) is 6.92 Å². The Labute approximate surface area is 124 Å². The molecular formula is C15H21N5O. The molecule has 2 fully saturated rings. The minimum absolute atomic E-state index is 0.165. The molecule has 2 saturated heterocycles. The monoisotopic (exact) mass is 287 g/mol. The second-order valence-corrected chi connectivity index (χ2v) is 6.19. The molecule has 21 heavy (non-hydrogen) atoms. The predicted octanol–water partition coefficient (Wildman–Crippen LogP) is 1.53. The molecule has 0 saturated carbocycles. The molecule has 6 nitrogen and oxygen atoms in total. The molecule has 0 atom stereocenters. The third-order valence-electron chi connectivity index (χ3n) is 4.68. The number of urea groups is 1. The average Bonchev–Trinajstić information content (AvgIpc) is 3.04. The van der Waals surface area contributed by atoms with E-state index in [0.29, 0.717) is 13.1 Å². The lowest BCUT2D eigenvalue weighted by Gasteiger charge is -2.33. The van der Waals surface area contributed by atoms with Crippen LogP contribution in [0.2, 0.25) is 0 Å². The Morgan fingerprint density at radius 2 is 1.71 bits per heavy atom. The fourth-order valence-electron chi connectivity index (χ4n) is 3.39. The number of amides is 2. The first-order valence-electron chi connectivity index (χ1n) is 7.87. The number of aromatic nitrogens is 2. The number of carbonyl (C=O) groups is 1. The van der Waals surface area contributed by atoms with Crippen molar-refractivity contribution >= 4 is 11.8 Å². The van der Waals surface area contributed by atoms with Crippen molar-refractivity contribution < 1.29 is 4.79 Å². The van der Waals surface area contributed by atoms with Gasteiger partial charge in [0.15, 0.2) is 0 Å². The van der Waals surface area contributed by atoms with E-state index in [1.807, 2.05) is 16.7 Å². The van der Waals surface area contributed by atoms with E-state index in [1.54, 1.807) is 0 Å². The number of aryl methyl sites for hydroxylation is 1. The van der Waals surface area contributed by atoms with Crippen LogP contribution in [0.15, 0.2) is 0 Å². The van der Waals surface area contributed by atoms with Gasteiger partial charge in [-0.15, -0.1) is 0 Å². The maximum absolute atomic E-state index is 12.6. The number of likely N-dealkylation sites (tertiary alicyclic amines) is 1. The van der Waals surface area contributed by atoms with Crippen molar-refractivity contribution in [2.45, 2.75) is 39.3 Å².